The quantitative estimate of drug-likeness (QED) is 0.446. The molecule has 1 aliphatic rings. The van der Waals surface area contributed by atoms with Crippen molar-refractivity contribution in [2.45, 2.75) is 25.8 Å². The average Bonchev–Trinajstić information content (AvgIpc) is 2.76. The van der Waals surface area contributed by atoms with Gasteiger partial charge in [0.1, 0.15) is 32.7 Å². The van der Waals surface area contributed by atoms with Gasteiger partial charge < -0.3 is 19.3 Å². The molecule has 0 aromatic heterocycles. The number of hydrogen-bond donors (Lipinski definition) is 2. The highest BCUT2D eigenvalue weighted by Crippen LogP contribution is 2.28. The molecule has 0 atom stereocenters. The van der Waals surface area contributed by atoms with Crippen LogP contribution in [0.3, 0.4) is 0 Å². The first kappa shape index (κ1) is 21.4. The zero-order chi connectivity index (χ0) is 20.3. The first-order chi connectivity index (χ1) is 14.3. The minimum atomic E-state index is 0.746. The van der Waals surface area contributed by atoms with Crippen LogP contribution in [0.4, 0.5) is 0 Å². The molecular formula is C25H36N2O2+2. The van der Waals surface area contributed by atoms with E-state index in [-0.39, 0.29) is 0 Å². The monoisotopic (exact) mass is 396 g/mol. The predicted molar refractivity (Wildman–Crippen MR) is 118 cm³/mol. The van der Waals surface area contributed by atoms with E-state index >= 15 is 0 Å². The minimum Gasteiger partial charge on any atom is -0.493 e. The third-order valence-electron chi connectivity index (χ3n) is 5.75. The summed E-state index contributed by atoms with van der Waals surface area (Å²) < 4.78 is 11.4. The molecule has 1 heterocycles. The number of quaternary nitrogens is 2. The molecule has 4 nitrogen and oxygen atoms in total. The summed E-state index contributed by atoms with van der Waals surface area (Å²) in [6, 6.07) is 17.0. The minimum absolute atomic E-state index is 0.746. The zero-order valence-electron chi connectivity index (χ0n) is 17.8. The summed E-state index contributed by atoms with van der Waals surface area (Å²) in [5.74, 6) is 1.65. The summed E-state index contributed by atoms with van der Waals surface area (Å²) >= 11 is 0. The molecule has 0 aliphatic carbocycles. The lowest BCUT2D eigenvalue weighted by Gasteiger charge is -2.29. The Kier molecular flexibility index (Phi) is 8.59. The van der Waals surface area contributed by atoms with Crippen molar-refractivity contribution < 1.29 is 19.3 Å². The summed E-state index contributed by atoms with van der Waals surface area (Å²) in [6.45, 7) is 12.0. The van der Waals surface area contributed by atoms with E-state index in [1.165, 1.54) is 50.3 Å². The van der Waals surface area contributed by atoms with Gasteiger partial charge >= 0.3 is 0 Å². The van der Waals surface area contributed by atoms with Crippen LogP contribution in [0.25, 0.3) is 0 Å². The second-order valence-electron chi connectivity index (χ2n) is 7.95. The molecule has 0 saturated carbocycles. The molecule has 3 rings (SSSR count). The number of piperazine rings is 1. The predicted octanol–water partition coefficient (Wildman–Crippen LogP) is 1.57. The van der Waals surface area contributed by atoms with Gasteiger partial charge in [0.15, 0.2) is 11.5 Å². The molecule has 0 unspecified atom stereocenters. The number of hydrogen-bond acceptors (Lipinski definition) is 2. The Hall–Kier alpha value is -2.30. The van der Waals surface area contributed by atoms with Crippen molar-refractivity contribution in [1.82, 2.24) is 0 Å². The Bertz CT molecular complexity index is 740. The van der Waals surface area contributed by atoms with E-state index in [1.54, 1.807) is 16.9 Å². The van der Waals surface area contributed by atoms with Gasteiger partial charge in [-0.25, -0.2) is 0 Å². The maximum Gasteiger partial charge on any atom is 0.161 e. The third kappa shape index (κ3) is 6.91. The Morgan fingerprint density at radius 2 is 1.66 bits per heavy atom. The number of nitrogens with one attached hydrogen (secondary N) is 2. The van der Waals surface area contributed by atoms with E-state index in [1.807, 2.05) is 18.2 Å². The molecule has 4 heteroatoms. The van der Waals surface area contributed by atoms with Gasteiger partial charge in [0.25, 0.3) is 0 Å². The Morgan fingerprint density at radius 3 is 2.38 bits per heavy atom. The van der Waals surface area contributed by atoms with Crippen LogP contribution < -0.4 is 19.3 Å². The van der Waals surface area contributed by atoms with Gasteiger partial charge in [0.05, 0.1) is 20.3 Å². The molecule has 0 spiro atoms. The van der Waals surface area contributed by atoms with Crippen molar-refractivity contribution in [1.29, 1.82) is 0 Å². The summed E-state index contributed by atoms with van der Waals surface area (Å²) in [5, 5.41) is 0. The second-order valence-corrected chi connectivity index (χ2v) is 7.95. The third-order valence-corrected chi connectivity index (χ3v) is 5.75. The maximum atomic E-state index is 5.97. The summed E-state index contributed by atoms with van der Waals surface area (Å²) in [7, 11) is 1.70. The maximum absolute atomic E-state index is 5.97. The average molecular weight is 397 g/mol. The summed E-state index contributed by atoms with van der Waals surface area (Å²) in [4.78, 5) is 3.46. The van der Waals surface area contributed by atoms with Crippen LogP contribution >= 0.6 is 0 Å². The largest absolute Gasteiger partial charge is 0.493 e. The highest BCUT2D eigenvalue weighted by Gasteiger charge is 2.22. The van der Waals surface area contributed by atoms with Crippen molar-refractivity contribution in [3.8, 4) is 11.5 Å². The van der Waals surface area contributed by atoms with Crippen LogP contribution in [-0.4, -0.2) is 46.4 Å². The van der Waals surface area contributed by atoms with E-state index < -0.39 is 0 Å². The zero-order valence-corrected chi connectivity index (χ0v) is 17.8. The Labute approximate surface area is 175 Å². The molecule has 1 fully saturated rings. The smallest absolute Gasteiger partial charge is 0.161 e. The molecule has 29 heavy (non-hydrogen) atoms. The standard InChI is InChI=1S/C25H34N2O2/c1-3-9-22-12-13-24(25(20-22)28-2)29-19-8-7-14-26-15-17-27(18-16-26)21-23-10-5-4-6-11-23/h3-6,10-13,20H,1,7-9,14-19,21H2,2H3/p+2. The van der Waals surface area contributed by atoms with E-state index in [9.17, 15) is 0 Å². The summed E-state index contributed by atoms with van der Waals surface area (Å²) in [5.41, 5.74) is 2.65. The molecule has 0 bridgehead atoms. The molecule has 2 aromatic carbocycles. The molecular weight excluding hydrogens is 360 g/mol. The van der Waals surface area contributed by atoms with E-state index in [4.69, 9.17) is 9.47 Å². The highest BCUT2D eigenvalue weighted by atomic mass is 16.5. The van der Waals surface area contributed by atoms with Crippen LogP contribution in [0.15, 0.2) is 61.2 Å². The van der Waals surface area contributed by atoms with Crippen LogP contribution in [0.1, 0.15) is 24.0 Å². The van der Waals surface area contributed by atoms with Crippen LogP contribution in [0.5, 0.6) is 11.5 Å². The molecule has 156 valence electrons. The number of ether oxygens (including phenoxy) is 2. The Balaban J connectivity index is 1.31. The molecule has 1 aliphatic heterocycles. The number of benzene rings is 2. The topological polar surface area (TPSA) is 27.3 Å². The highest BCUT2D eigenvalue weighted by molar-refractivity contribution is 5.43. The van der Waals surface area contributed by atoms with Crippen molar-refractivity contribution >= 4 is 0 Å². The number of rotatable bonds is 11. The van der Waals surface area contributed by atoms with E-state index in [0.29, 0.717) is 0 Å². The van der Waals surface area contributed by atoms with Gasteiger partial charge in [-0.3, -0.25) is 0 Å². The first-order valence-electron chi connectivity index (χ1n) is 10.9. The van der Waals surface area contributed by atoms with E-state index in [2.05, 4.69) is 43.0 Å². The normalized spacial score (nSPS) is 18.9. The van der Waals surface area contributed by atoms with Crippen LogP contribution in [0, 0.1) is 0 Å². The molecule has 2 N–H and O–H groups in total. The fourth-order valence-corrected chi connectivity index (χ4v) is 4.05. The fraction of sp³-hybridized carbons (Fsp3) is 0.440. The van der Waals surface area contributed by atoms with Crippen molar-refractivity contribution in [2.24, 2.45) is 0 Å². The molecule has 0 amide bonds. The second kappa shape index (κ2) is 11.6. The van der Waals surface area contributed by atoms with Crippen molar-refractivity contribution in [3.63, 3.8) is 0 Å². The van der Waals surface area contributed by atoms with Crippen molar-refractivity contribution in [3.05, 3.63) is 72.3 Å². The fourth-order valence-electron chi connectivity index (χ4n) is 4.05. The lowest BCUT2D eigenvalue weighted by atomic mass is 10.1. The lowest BCUT2D eigenvalue weighted by molar-refractivity contribution is -1.02. The van der Waals surface area contributed by atoms with Gasteiger partial charge in [0, 0.05) is 5.56 Å². The number of unbranched alkanes of at least 4 members (excludes halogenated alkanes) is 1. The van der Waals surface area contributed by atoms with Crippen molar-refractivity contribution in [2.75, 3.05) is 46.4 Å². The SMILES string of the molecule is C=CCc1ccc(OCCCC[NH+]2CC[NH+](Cc3ccccc3)CC2)c(OC)c1. The molecule has 1 saturated heterocycles. The van der Waals surface area contributed by atoms with Gasteiger partial charge in [0.2, 0.25) is 0 Å². The van der Waals surface area contributed by atoms with Gasteiger partial charge in [-0.1, -0.05) is 42.5 Å². The number of allylic oxidation sites excluding steroid dienone is 1. The summed E-state index contributed by atoms with van der Waals surface area (Å²) in [6.07, 6.45) is 5.04. The van der Waals surface area contributed by atoms with Gasteiger partial charge in [-0.05, 0) is 37.0 Å². The van der Waals surface area contributed by atoms with Gasteiger partial charge in [-0.2, -0.15) is 0 Å². The number of methoxy groups -OCH3 is 1. The molecule has 0 radical (unpaired) electrons. The lowest BCUT2D eigenvalue weighted by Crippen LogP contribution is -3.27. The van der Waals surface area contributed by atoms with Crippen LogP contribution in [-0.2, 0) is 13.0 Å². The van der Waals surface area contributed by atoms with E-state index in [0.717, 1.165) is 37.5 Å². The molecule has 2 aromatic rings. The van der Waals surface area contributed by atoms with Crippen LogP contribution in [0.2, 0.25) is 0 Å². The first-order valence-corrected chi connectivity index (χ1v) is 10.9. The van der Waals surface area contributed by atoms with Gasteiger partial charge in [-0.15, -0.1) is 6.58 Å². The Morgan fingerprint density at radius 1 is 0.897 bits per heavy atom.